The van der Waals surface area contributed by atoms with Crippen LogP contribution >= 0.6 is 39.3 Å². The van der Waals surface area contributed by atoms with E-state index in [1.54, 1.807) is 11.8 Å². The Kier molecular flexibility index (Phi) is 5.97. The van der Waals surface area contributed by atoms with Gasteiger partial charge in [0, 0.05) is 26.2 Å². The summed E-state index contributed by atoms with van der Waals surface area (Å²) in [5.41, 5.74) is 8.37. The molecule has 0 heterocycles. The van der Waals surface area contributed by atoms with Crippen molar-refractivity contribution in [2.45, 2.75) is 30.0 Å². The van der Waals surface area contributed by atoms with Crippen molar-refractivity contribution in [3.05, 3.63) is 63.1 Å². The van der Waals surface area contributed by atoms with Crippen molar-refractivity contribution < 1.29 is 0 Å². The number of nitrogens with two attached hydrogens (primary N) is 1. The summed E-state index contributed by atoms with van der Waals surface area (Å²) in [5.74, 6) is 0.863. The predicted molar refractivity (Wildman–Crippen MR) is 92.5 cm³/mol. The van der Waals surface area contributed by atoms with E-state index in [-0.39, 0.29) is 6.04 Å². The summed E-state index contributed by atoms with van der Waals surface area (Å²) in [6.07, 6.45) is 0.887. The molecular weight excluding hydrogens is 354 g/mol. The Morgan fingerprint density at radius 2 is 1.95 bits per heavy atom. The fourth-order valence-corrected chi connectivity index (χ4v) is 3.85. The largest absolute Gasteiger partial charge is 0.328 e. The smallest absolute Gasteiger partial charge is 0.0446 e. The van der Waals surface area contributed by atoms with E-state index in [0.29, 0.717) is 0 Å². The van der Waals surface area contributed by atoms with Crippen LogP contribution in [-0.2, 0) is 12.2 Å². The van der Waals surface area contributed by atoms with Crippen molar-refractivity contribution in [1.29, 1.82) is 0 Å². The van der Waals surface area contributed by atoms with Crippen molar-refractivity contribution in [2.75, 3.05) is 0 Å². The summed E-state index contributed by atoms with van der Waals surface area (Å²) >= 11 is 11.5. The van der Waals surface area contributed by atoms with Crippen molar-refractivity contribution in [3.63, 3.8) is 0 Å². The fourth-order valence-electron chi connectivity index (χ4n) is 1.95. The van der Waals surface area contributed by atoms with Crippen LogP contribution in [0, 0.1) is 0 Å². The lowest BCUT2D eigenvalue weighted by atomic mass is 10.1. The first-order valence-corrected chi connectivity index (χ1v) is 8.62. The molecule has 106 valence electrons. The average molecular weight is 371 g/mol. The standard InChI is InChI=1S/C16H17BrClNS/c1-11(19)8-12-6-7-14(17)9-16(12)20-10-13-4-2-3-5-15(13)18/h2-7,9,11H,8,10,19H2,1H3. The Morgan fingerprint density at radius 1 is 1.20 bits per heavy atom. The molecule has 0 bridgehead atoms. The third-order valence-corrected chi connectivity index (χ3v) is 4.92. The highest BCUT2D eigenvalue weighted by atomic mass is 79.9. The van der Waals surface area contributed by atoms with Gasteiger partial charge in [-0.15, -0.1) is 11.8 Å². The van der Waals surface area contributed by atoms with Crippen molar-refractivity contribution in [2.24, 2.45) is 5.73 Å². The van der Waals surface area contributed by atoms with Crippen LogP contribution in [0.15, 0.2) is 51.8 Å². The maximum atomic E-state index is 6.20. The number of hydrogen-bond acceptors (Lipinski definition) is 2. The van der Waals surface area contributed by atoms with Crippen LogP contribution in [0.4, 0.5) is 0 Å². The highest BCUT2D eigenvalue weighted by Gasteiger charge is 2.08. The summed E-state index contributed by atoms with van der Waals surface area (Å²) < 4.78 is 1.09. The molecule has 0 amide bonds. The van der Waals surface area contributed by atoms with Gasteiger partial charge in [-0.1, -0.05) is 51.8 Å². The molecule has 1 nitrogen and oxygen atoms in total. The maximum absolute atomic E-state index is 6.20. The van der Waals surface area contributed by atoms with E-state index in [0.717, 1.165) is 27.2 Å². The zero-order valence-corrected chi connectivity index (χ0v) is 14.4. The highest BCUT2D eigenvalue weighted by Crippen LogP contribution is 2.31. The van der Waals surface area contributed by atoms with Gasteiger partial charge in [0.1, 0.15) is 0 Å². The molecule has 0 radical (unpaired) electrons. The Bertz CT molecular complexity index is 586. The highest BCUT2D eigenvalue weighted by molar-refractivity contribution is 9.10. The summed E-state index contributed by atoms with van der Waals surface area (Å²) in [6, 6.07) is 14.5. The molecule has 0 spiro atoms. The van der Waals surface area contributed by atoms with Crippen LogP contribution in [0.5, 0.6) is 0 Å². The lowest BCUT2D eigenvalue weighted by Crippen LogP contribution is -2.18. The van der Waals surface area contributed by atoms with Gasteiger partial charge in [-0.25, -0.2) is 0 Å². The van der Waals surface area contributed by atoms with E-state index < -0.39 is 0 Å². The van der Waals surface area contributed by atoms with Gasteiger partial charge < -0.3 is 5.73 Å². The first-order chi connectivity index (χ1) is 9.56. The molecule has 0 saturated heterocycles. The van der Waals surface area contributed by atoms with Gasteiger partial charge in [0.15, 0.2) is 0 Å². The molecule has 0 saturated carbocycles. The van der Waals surface area contributed by atoms with Gasteiger partial charge in [0.05, 0.1) is 0 Å². The van der Waals surface area contributed by atoms with E-state index in [4.69, 9.17) is 17.3 Å². The van der Waals surface area contributed by atoms with Crippen molar-refractivity contribution in [1.82, 2.24) is 0 Å². The molecule has 2 rings (SSSR count). The first-order valence-electron chi connectivity index (χ1n) is 6.46. The quantitative estimate of drug-likeness (QED) is 0.724. The molecule has 0 aliphatic heterocycles. The van der Waals surface area contributed by atoms with Crippen LogP contribution in [0.1, 0.15) is 18.1 Å². The molecule has 20 heavy (non-hydrogen) atoms. The summed E-state index contributed by atoms with van der Waals surface area (Å²) in [4.78, 5) is 1.26. The first kappa shape index (κ1) is 15.9. The van der Waals surface area contributed by atoms with Crippen LogP contribution < -0.4 is 5.73 Å². The van der Waals surface area contributed by atoms with E-state index in [9.17, 15) is 0 Å². The Balaban J connectivity index is 2.16. The topological polar surface area (TPSA) is 26.0 Å². The van der Waals surface area contributed by atoms with Gasteiger partial charge >= 0.3 is 0 Å². The monoisotopic (exact) mass is 369 g/mol. The van der Waals surface area contributed by atoms with E-state index in [1.165, 1.54) is 10.5 Å². The third kappa shape index (κ3) is 4.52. The molecule has 2 N–H and O–H groups in total. The molecule has 4 heteroatoms. The van der Waals surface area contributed by atoms with Crippen molar-refractivity contribution >= 4 is 39.3 Å². The molecule has 1 unspecified atom stereocenters. The van der Waals surface area contributed by atoms with Gasteiger partial charge in [0.2, 0.25) is 0 Å². The second kappa shape index (κ2) is 7.51. The van der Waals surface area contributed by atoms with Crippen LogP contribution in [0.3, 0.4) is 0 Å². The van der Waals surface area contributed by atoms with Crippen LogP contribution in [0.2, 0.25) is 5.02 Å². The van der Waals surface area contributed by atoms with Gasteiger partial charge in [-0.05, 0) is 42.7 Å². The van der Waals surface area contributed by atoms with E-state index in [2.05, 4.69) is 40.2 Å². The Hall–Kier alpha value is -0.480. The molecule has 0 aromatic heterocycles. The number of benzene rings is 2. The maximum Gasteiger partial charge on any atom is 0.0446 e. The van der Waals surface area contributed by atoms with Crippen molar-refractivity contribution in [3.8, 4) is 0 Å². The summed E-state index contributed by atoms with van der Waals surface area (Å²) in [6.45, 7) is 2.03. The third-order valence-electron chi connectivity index (χ3n) is 2.91. The zero-order chi connectivity index (χ0) is 14.5. The molecule has 1 atom stereocenters. The molecule has 2 aromatic carbocycles. The lowest BCUT2D eigenvalue weighted by Gasteiger charge is -2.12. The molecular formula is C16H17BrClNS. The van der Waals surface area contributed by atoms with E-state index >= 15 is 0 Å². The minimum Gasteiger partial charge on any atom is -0.328 e. The normalized spacial score (nSPS) is 12.4. The number of thioether (sulfide) groups is 1. The summed E-state index contributed by atoms with van der Waals surface area (Å²) in [5, 5.41) is 0.823. The predicted octanol–water partition coefficient (Wildman–Crippen LogP) is 5.28. The second-order valence-electron chi connectivity index (χ2n) is 4.81. The minimum atomic E-state index is 0.163. The number of halogens is 2. The fraction of sp³-hybridized carbons (Fsp3) is 0.250. The van der Waals surface area contributed by atoms with Gasteiger partial charge in [0.25, 0.3) is 0 Å². The van der Waals surface area contributed by atoms with Crippen LogP contribution in [0.25, 0.3) is 0 Å². The van der Waals surface area contributed by atoms with Crippen LogP contribution in [-0.4, -0.2) is 6.04 Å². The molecule has 2 aromatic rings. The second-order valence-corrected chi connectivity index (χ2v) is 7.15. The molecule has 0 aliphatic rings. The average Bonchev–Trinajstić information content (AvgIpc) is 2.40. The number of rotatable bonds is 5. The lowest BCUT2D eigenvalue weighted by molar-refractivity contribution is 0.729. The summed E-state index contributed by atoms with van der Waals surface area (Å²) in [7, 11) is 0. The minimum absolute atomic E-state index is 0.163. The SMILES string of the molecule is CC(N)Cc1ccc(Br)cc1SCc1ccccc1Cl. The Morgan fingerprint density at radius 3 is 2.65 bits per heavy atom. The van der Waals surface area contributed by atoms with Gasteiger partial charge in [-0.2, -0.15) is 0 Å². The van der Waals surface area contributed by atoms with Gasteiger partial charge in [-0.3, -0.25) is 0 Å². The zero-order valence-electron chi connectivity index (χ0n) is 11.3. The molecule has 0 fully saturated rings. The van der Waals surface area contributed by atoms with E-state index in [1.807, 2.05) is 25.1 Å². The Labute approximate surface area is 138 Å². The number of hydrogen-bond donors (Lipinski definition) is 1. The molecule has 0 aliphatic carbocycles.